The van der Waals surface area contributed by atoms with Crippen molar-refractivity contribution in [1.82, 2.24) is 19.9 Å². The molecule has 0 saturated carbocycles. The van der Waals surface area contributed by atoms with E-state index in [1.54, 1.807) is 11.6 Å². The first-order chi connectivity index (χ1) is 14.8. The van der Waals surface area contributed by atoms with Crippen LogP contribution in [0.5, 0.6) is 5.75 Å². The summed E-state index contributed by atoms with van der Waals surface area (Å²) >= 11 is 1.26. The Hall–Kier alpha value is -3.60. The van der Waals surface area contributed by atoms with Crippen molar-refractivity contribution >= 4 is 22.4 Å². The molecule has 8 nitrogen and oxygen atoms in total. The Morgan fingerprint density at radius 3 is 2.84 bits per heavy atom. The zero-order valence-corrected chi connectivity index (χ0v) is 17.6. The third kappa shape index (κ3) is 4.31. The van der Waals surface area contributed by atoms with Gasteiger partial charge in [-0.2, -0.15) is 5.10 Å². The number of aromatic nitrogens is 4. The summed E-state index contributed by atoms with van der Waals surface area (Å²) in [6.07, 6.45) is 1.85. The maximum absolute atomic E-state index is 13.8. The molecule has 31 heavy (non-hydrogen) atoms. The molecule has 0 unspecified atom stereocenters. The van der Waals surface area contributed by atoms with Crippen molar-refractivity contribution in [2.75, 3.05) is 5.32 Å². The van der Waals surface area contributed by atoms with Crippen LogP contribution in [0.25, 0.3) is 11.3 Å². The van der Waals surface area contributed by atoms with Gasteiger partial charge in [0.15, 0.2) is 22.4 Å². The molecule has 4 rings (SSSR count). The Morgan fingerprint density at radius 2 is 2.13 bits per heavy atom. The number of carbonyl (C=O) groups is 1. The van der Waals surface area contributed by atoms with E-state index < -0.39 is 17.5 Å². The Labute approximate surface area is 179 Å². The standard InChI is InChI=1S/C20H17F2N5O3S/c1-10-13(7-27(3)25-10)16-9-31-20(23-16)24-19(28)18-14(11(2)30-26-18)8-29-17-5-4-12(21)6-15(17)22/h4-7,9H,8H2,1-3H3,(H,23,24,28). The minimum absolute atomic E-state index is 0.00525. The minimum Gasteiger partial charge on any atom is -0.486 e. The smallest absolute Gasteiger partial charge is 0.280 e. The summed E-state index contributed by atoms with van der Waals surface area (Å²) < 4.78 is 39.1. The lowest BCUT2D eigenvalue weighted by Gasteiger charge is -2.07. The van der Waals surface area contributed by atoms with Crippen LogP contribution in [0.3, 0.4) is 0 Å². The van der Waals surface area contributed by atoms with Crippen molar-refractivity contribution < 1.29 is 22.8 Å². The van der Waals surface area contributed by atoms with Crippen LogP contribution >= 0.6 is 11.3 Å². The van der Waals surface area contributed by atoms with Crippen molar-refractivity contribution in [3.05, 3.63) is 64.1 Å². The van der Waals surface area contributed by atoms with Gasteiger partial charge in [0.1, 0.15) is 18.2 Å². The van der Waals surface area contributed by atoms with Crippen LogP contribution in [0.1, 0.15) is 27.5 Å². The highest BCUT2D eigenvalue weighted by Crippen LogP contribution is 2.28. The van der Waals surface area contributed by atoms with E-state index >= 15 is 0 Å². The second-order valence-corrected chi connectivity index (χ2v) is 7.58. The number of halogens is 2. The molecule has 1 aromatic carbocycles. The molecule has 0 saturated heterocycles. The van der Waals surface area contributed by atoms with Gasteiger partial charge in [0.05, 0.1) is 17.0 Å². The number of nitrogens with zero attached hydrogens (tertiary/aromatic N) is 4. The Morgan fingerprint density at radius 1 is 1.32 bits per heavy atom. The molecule has 0 bridgehead atoms. The molecule has 1 N–H and O–H groups in total. The quantitative estimate of drug-likeness (QED) is 0.477. The Bertz CT molecular complexity index is 1260. The molecule has 0 atom stereocenters. The molecule has 0 spiro atoms. The van der Waals surface area contributed by atoms with Gasteiger partial charge in [-0.25, -0.2) is 13.8 Å². The predicted octanol–water partition coefficient (Wildman–Crippen LogP) is 4.26. The van der Waals surface area contributed by atoms with Gasteiger partial charge in [-0.05, 0) is 26.0 Å². The van der Waals surface area contributed by atoms with Crippen LogP contribution in [-0.2, 0) is 13.7 Å². The van der Waals surface area contributed by atoms with E-state index in [2.05, 4.69) is 20.6 Å². The van der Waals surface area contributed by atoms with Gasteiger partial charge in [-0.1, -0.05) is 5.16 Å². The number of nitrogens with one attached hydrogen (secondary N) is 1. The number of amides is 1. The van der Waals surface area contributed by atoms with Crippen LogP contribution in [0.4, 0.5) is 13.9 Å². The maximum Gasteiger partial charge on any atom is 0.280 e. The second-order valence-electron chi connectivity index (χ2n) is 6.72. The van der Waals surface area contributed by atoms with Gasteiger partial charge in [-0.15, -0.1) is 11.3 Å². The number of rotatable bonds is 6. The summed E-state index contributed by atoms with van der Waals surface area (Å²) in [7, 11) is 1.82. The van der Waals surface area contributed by atoms with Gasteiger partial charge in [0.25, 0.3) is 5.91 Å². The second kappa shape index (κ2) is 8.26. The van der Waals surface area contributed by atoms with Crippen molar-refractivity contribution in [3.8, 4) is 17.0 Å². The van der Waals surface area contributed by atoms with Gasteiger partial charge in [-0.3, -0.25) is 14.8 Å². The molecule has 3 heterocycles. The normalized spacial score (nSPS) is 11.0. The maximum atomic E-state index is 13.8. The molecule has 0 fully saturated rings. The van der Waals surface area contributed by atoms with Gasteiger partial charge in [0.2, 0.25) is 0 Å². The molecular weight excluding hydrogens is 428 g/mol. The van der Waals surface area contributed by atoms with Crippen LogP contribution in [0.2, 0.25) is 0 Å². The lowest BCUT2D eigenvalue weighted by atomic mass is 10.2. The molecule has 0 aliphatic rings. The summed E-state index contributed by atoms with van der Waals surface area (Å²) in [5.74, 6) is -1.90. The average Bonchev–Trinajstić information content (AvgIpc) is 3.40. The molecule has 4 aromatic rings. The summed E-state index contributed by atoms with van der Waals surface area (Å²) in [6.45, 7) is 3.30. The van der Waals surface area contributed by atoms with Gasteiger partial charge >= 0.3 is 0 Å². The molecule has 11 heteroatoms. The number of hydrogen-bond acceptors (Lipinski definition) is 7. The van der Waals surface area contributed by atoms with Gasteiger partial charge in [0, 0.05) is 30.3 Å². The number of carbonyl (C=O) groups excluding carboxylic acids is 1. The predicted molar refractivity (Wildman–Crippen MR) is 109 cm³/mol. The number of benzene rings is 1. The molecular formula is C20H17F2N5O3S. The monoisotopic (exact) mass is 445 g/mol. The first-order valence-corrected chi connectivity index (χ1v) is 10.00. The van der Waals surface area contributed by atoms with Crippen LogP contribution in [0, 0.1) is 25.5 Å². The lowest BCUT2D eigenvalue weighted by Crippen LogP contribution is -2.15. The average molecular weight is 445 g/mol. The fourth-order valence-electron chi connectivity index (χ4n) is 2.94. The molecule has 160 valence electrons. The van der Waals surface area contributed by atoms with E-state index in [0.29, 0.717) is 28.2 Å². The van der Waals surface area contributed by atoms with Crippen molar-refractivity contribution in [2.45, 2.75) is 20.5 Å². The van der Waals surface area contributed by atoms with E-state index in [1.807, 2.05) is 25.5 Å². The van der Waals surface area contributed by atoms with Crippen LogP contribution in [-0.4, -0.2) is 25.8 Å². The van der Waals surface area contributed by atoms with Crippen molar-refractivity contribution in [1.29, 1.82) is 0 Å². The highest BCUT2D eigenvalue weighted by molar-refractivity contribution is 7.14. The zero-order valence-electron chi connectivity index (χ0n) is 16.8. The first-order valence-electron chi connectivity index (χ1n) is 9.12. The third-order valence-corrected chi connectivity index (χ3v) is 5.24. The molecule has 0 radical (unpaired) electrons. The molecule has 3 aromatic heterocycles. The topological polar surface area (TPSA) is 95.1 Å². The highest BCUT2D eigenvalue weighted by atomic mass is 32.1. The van der Waals surface area contributed by atoms with Crippen LogP contribution in [0.15, 0.2) is 34.3 Å². The van der Waals surface area contributed by atoms with E-state index in [9.17, 15) is 13.6 Å². The van der Waals surface area contributed by atoms with Crippen molar-refractivity contribution in [2.24, 2.45) is 7.05 Å². The van der Waals surface area contributed by atoms with E-state index in [0.717, 1.165) is 17.3 Å². The number of ether oxygens (including phenoxy) is 1. The molecule has 0 aliphatic heterocycles. The van der Waals surface area contributed by atoms with E-state index in [1.165, 1.54) is 17.4 Å². The Kier molecular flexibility index (Phi) is 5.51. The SMILES string of the molecule is Cc1nn(C)cc1-c1csc(NC(=O)c2noc(C)c2COc2ccc(F)cc2F)n1. The van der Waals surface area contributed by atoms with Crippen LogP contribution < -0.4 is 10.1 Å². The summed E-state index contributed by atoms with van der Waals surface area (Å²) in [4.78, 5) is 17.2. The zero-order chi connectivity index (χ0) is 22.1. The molecule has 0 aliphatic carbocycles. The number of anilines is 1. The van der Waals surface area contributed by atoms with Gasteiger partial charge < -0.3 is 9.26 Å². The summed E-state index contributed by atoms with van der Waals surface area (Å²) in [5.41, 5.74) is 2.73. The number of thiazole rings is 1. The third-order valence-electron chi connectivity index (χ3n) is 4.48. The van der Waals surface area contributed by atoms with Crippen molar-refractivity contribution in [3.63, 3.8) is 0 Å². The Balaban J connectivity index is 1.49. The fourth-order valence-corrected chi connectivity index (χ4v) is 3.65. The largest absolute Gasteiger partial charge is 0.486 e. The van der Waals surface area contributed by atoms with E-state index in [-0.39, 0.29) is 18.1 Å². The number of hydrogen-bond donors (Lipinski definition) is 1. The molecule has 1 amide bonds. The lowest BCUT2D eigenvalue weighted by molar-refractivity contribution is 0.101. The number of aryl methyl sites for hydroxylation is 3. The highest BCUT2D eigenvalue weighted by Gasteiger charge is 2.22. The first kappa shape index (κ1) is 20.7. The van der Waals surface area contributed by atoms with E-state index in [4.69, 9.17) is 9.26 Å². The summed E-state index contributed by atoms with van der Waals surface area (Å²) in [5, 5.41) is 12.9. The minimum atomic E-state index is -0.846. The fraction of sp³-hybridized carbons (Fsp3) is 0.200. The summed E-state index contributed by atoms with van der Waals surface area (Å²) in [6, 6.07) is 2.97.